The molecule has 2 aromatic rings. The van der Waals surface area contributed by atoms with Gasteiger partial charge in [0.1, 0.15) is 0 Å². The number of ether oxygens (including phenoxy) is 1. The third-order valence-corrected chi connectivity index (χ3v) is 5.03. The molecule has 0 bridgehead atoms. The number of nitro groups is 1. The molecule has 2 N–H and O–H groups in total. The molecule has 1 aliphatic rings. The Hall–Kier alpha value is -3.26. The molecule has 8 heteroatoms. The molecule has 0 radical (unpaired) electrons. The summed E-state index contributed by atoms with van der Waals surface area (Å²) in [5.41, 5.74) is 2.41. The van der Waals surface area contributed by atoms with Crippen LogP contribution in [0.3, 0.4) is 0 Å². The number of aryl methyl sites for hydroxylation is 1. The van der Waals surface area contributed by atoms with Gasteiger partial charge in [-0.25, -0.2) is 0 Å². The van der Waals surface area contributed by atoms with Crippen molar-refractivity contribution in [3.05, 3.63) is 69.3 Å². The van der Waals surface area contributed by atoms with Crippen LogP contribution in [-0.4, -0.2) is 36.0 Å². The molecule has 28 heavy (non-hydrogen) atoms. The molecule has 0 unspecified atom stereocenters. The highest BCUT2D eigenvalue weighted by Crippen LogP contribution is 2.32. The number of carbonyl (C=O) groups excluding carboxylic acids is 2. The predicted molar refractivity (Wildman–Crippen MR) is 103 cm³/mol. The number of hydrogen-bond donors (Lipinski definition) is 2. The van der Waals surface area contributed by atoms with Gasteiger partial charge in [0.05, 0.1) is 16.2 Å². The Morgan fingerprint density at radius 1 is 1.14 bits per heavy atom. The Bertz CT molecular complexity index is 916. The number of carbonyl (C=O) groups is 2. The van der Waals surface area contributed by atoms with Gasteiger partial charge in [-0.2, -0.15) is 0 Å². The van der Waals surface area contributed by atoms with Gasteiger partial charge in [0.2, 0.25) is 0 Å². The maximum atomic E-state index is 12.3. The summed E-state index contributed by atoms with van der Waals surface area (Å²) in [5, 5.41) is 15.9. The molecule has 0 atom stereocenters. The van der Waals surface area contributed by atoms with Crippen molar-refractivity contribution < 1.29 is 19.2 Å². The van der Waals surface area contributed by atoms with Crippen molar-refractivity contribution in [1.82, 2.24) is 5.32 Å². The highest BCUT2D eigenvalue weighted by molar-refractivity contribution is 6.39. The van der Waals surface area contributed by atoms with E-state index in [1.54, 1.807) is 14.0 Å². The van der Waals surface area contributed by atoms with Crippen molar-refractivity contribution in [1.29, 1.82) is 0 Å². The van der Waals surface area contributed by atoms with Gasteiger partial charge >= 0.3 is 11.8 Å². The van der Waals surface area contributed by atoms with Crippen LogP contribution in [0, 0.1) is 17.0 Å². The first-order valence-corrected chi connectivity index (χ1v) is 8.80. The lowest BCUT2D eigenvalue weighted by molar-refractivity contribution is -0.384. The van der Waals surface area contributed by atoms with Crippen molar-refractivity contribution in [3.8, 4) is 0 Å². The summed E-state index contributed by atoms with van der Waals surface area (Å²) in [6.45, 7) is 1.87. The topological polar surface area (TPSA) is 111 Å². The number of benzene rings is 2. The minimum Gasteiger partial charge on any atom is -0.376 e. The number of rotatable bonds is 5. The van der Waals surface area contributed by atoms with Crippen molar-refractivity contribution in [2.45, 2.75) is 25.4 Å². The number of non-ortho nitro benzene ring substituents is 1. The highest BCUT2D eigenvalue weighted by Gasteiger charge is 2.38. The summed E-state index contributed by atoms with van der Waals surface area (Å²) in [6.07, 6.45) is 1.29. The summed E-state index contributed by atoms with van der Waals surface area (Å²) in [7, 11) is 1.59. The quantitative estimate of drug-likeness (QED) is 0.467. The van der Waals surface area contributed by atoms with Crippen LogP contribution in [0.25, 0.3) is 0 Å². The van der Waals surface area contributed by atoms with Crippen molar-refractivity contribution in [2.75, 3.05) is 19.0 Å². The second-order valence-corrected chi connectivity index (χ2v) is 6.90. The Morgan fingerprint density at radius 3 is 2.36 bits per heavy atom. The normalized spacial score (nSPS) is 14.2. The number of nitrogens with zero attached hydrogens (tertiary/aromatic N) is 1. The molecule has 1 aliphatic carbocycles. The first-order chi connectivity index (χ1) is 13.3. The van der Waals surface area contributed by atoms with Crippen molar-refractivity contribution in [3.63, 3.8) is 0 Å². The van der Waals surface area contributed by atoms with E-state index in [2.05, 4.69) is 10.6 Å². The van der Waals surface area contributed by atoms with Gasteiger partial charge in [0, 0.05) is 38.6 Å². The van der Waals surface area contributed by atoms with E-state index in [9.17, 15) is 19.7 Å². The van der Waals surface area contributed by atoms with Crippen LogP contribution in [0.15, 0.2) is 42.5 Å². The van der Waals surface area contributed by atoms with E-state index >= 15 is 0 Å². The summed E-state index contributed by atoms with van der Waals surface area (Å²) in [5.74, 6) is -1.70. The first kappa shape index (κ1) is 19.5. The Balaban J connectivity index is 1.63. The van der Waals surface area contributed by atoms with Gasteiger partial charge in [0.15, 0.2) is 0 Å². The highest BCUT2D eigenvalue weighted by atomic mass is 16.6. The van der Waals surface area contributed by atoms with Crippen LogP contribution in [0.5, 0.6) is 0 Å². The van der Waals surface area contributed by atoms with Crippen LogP contribution in [0.2, 0.25) is 0 Å². The summed E-state index contributed by atoms with van der Waals surface area (Å²) in [6, 6.07) is 12.0. The van der Waals surface area contributed by atoms with Gasteiger partial charge < -0.3 is 15.4 Å². The summed E-state index contributed by atoms with van der Waals surface area (Å²) in [4.78, 5) is 34.8. The van der Waals surface area contributed by atoms with E-state index in [-0.39, 0.29) is 17.9 Å². The molecule has 3 rings (SSSR count). The van der Waals surface area contributed by atoms with Crippen molar-refractivity contribution >= 4 is 23.2 Å². The molecular formula is C20H21N3O5. The largest absolute Gasteiger partial charge is 0.376 e. The molecular weight excluding hydrogens is 362 g/mol. The van der Waals surface area contributed by atoms with Gasteiger partial charge in [-0.1, -0.05) is 30.3 Å². The molecule has 8 nitrogen and oxygen atoms in total. The standard InChI is InChI=1S/C20H21N3O5/c1-13-7-8-16(23(26)27)9-17(13)22-19(25)18(24)21-12-20(28-2)10-14-5-3-4-6-15(14)11-20/h3-9H,10-12H2,1-2H3,(H,21,24)(H,22,25). The third-order valence-electron chi connectivity index (χ3n) is 5.03. The van der Waals surface area contributed by atoms with Gasteiger partial charge in [0.25, 0.3) is 5.69 Å². The first-order valence-electron chi connectivity index (χ1n) is 8.80. The fourth-order valence-corrected chi connectivity index (χ4v) is 3.36. The molecule has 0 aromatic heterocycles. The van der Waals surface area contributed by atoms with E-state index < -0.39 is 22.3 Å². The number of methoxy groups -OCH3 is 1. The number of anilines is 1. The lowest BCUT2D eigenvalue weighted by Crippen LogP contribution is -2.48. The average Bonchev–Trinajstić information content (AvgIpc) is 3.06. The Morgan fingerprint density at radius 2 is 1.79 bits per heavy atom. The van der Waals surface area contributed by atoms with E-state index in [0.29, 0.717) is 18.4 Å². The van der Waals surface area contributed by atoms with E-state index in [0.717, 1.165) is 11.1 Å². The number of fused-ring (bicyclic) bond motifs is 1. The lowest BCUT2D eigenvalue weighted by atomic mass is 10.00. The molecule has 0 saturated carbocycles. The molecule has 0 spiro atoms. The lowest BCUT2D eigenvalue weighted by Gasteiger charge is -2.27. The van der Waals surface area contributed by atoms with Gasteiger partial charge in [-0.15, -0.1) is 0 Å². The molecule has 0 heterocycles. The third kappa shape index (κ3) is 4.01. The van der Waals surface area contributed by atoms with Crippen LogP contribution in [0.4, 0.5) is 11.4 Å². The molecule has 2 amide bonds. The monoisotopic (exact) mass is 383 g/mol. The van der Waals surface area contributed by atoms with Crippen LogP contribution >= 0.6 is 0 Å². The number of nitrogens with one attached hydrogen (secondary N) is 2. The zero-order chi connectivity index (χ0) is 20.3. The number of amides is 2. The maximum absolute atomic E-state index is 12.3. The minimum atomic E-state index is -0.884. The molecule has 146 valence electrons. The number of hydrogen-bond acceptors (Lipinski definition) is 5. The Kier molecular flexibility index (Phi) is 5.41. The fraction of sp³-hybridized carbons (Fsp3) is 0.300. The fourth-order valence-electron chi connectivity index (χ4n) is 3.36. The SMILES string of the molecule is COC1(CNC(=O)C(=O)Nc2cc([N+](=O)[O-])ccc2C)Cc2ccccc2C1. The predicted octanol–water partition coefficient (Wildman–Crippen LogP) is 2.14. The van der Waals surface area contributed by atoms with E-state index in [1.165, 1.54) is 18.2 Å². The average molecular weight is 383 g/mol. The Labute approximate surface area is 162 Å². The minimum absolute atomic E-state index is 0.164. The smallest absolute Gasteiger partial charge is 0.313 e. The molecule has 0 aliphatic heterocycles. The molecule has 0 fully saturated rings. The maximum Gasteiger partial charge on any atom is 0.313 e. The second kappa shape index (κ2) is 7.77. The molecule has 0 saturated heterocycles. The van der Waals surface area contributed by atoms with Crippen LogP contribution < -0.4 is 10.6 Å². The molecule has 2 aromatic carbocycles. The summed E-state index contributed by atoms with van der Waals surface area (Å²) >= 11 is 0. The van der Waals surface area contributed by atoms with Crippen LogP contribution in [-0.2, 0) is 27.2 Å². The van der Waals surface area contributed by atoms with E-state index in [1.807, 2.05) is 24.3 Å². The number of nitro benzene ring substituents is 1. The zero-order valence-corrected chi connectivity index (χ0v) is 15.7. The van der Waals surface area contributed by atoms with Gasteiger partial charge in [-0.05, 0) is 23.6 Å². The zero-order valence-electron chi connectivity index (χ0n) is 15.7. The second-order valence-electron chi connectivity index (χ2n) is 6.90. The summed E-state index contributed by atoms with van der Waals surface area (Å²) < 4.78 is 5.67. The van der Waals surface area contributed by atoms with Gasteiger partial charge in [-0.3, -0.25) is 19.7 Å². The van der Waals surface area contributed by atoms with E-state index in [4.69, 9.17) is 4.74 Å². The van der Waals surface area contributed by atoms with Crippen molar-refractivity contribution in [2.24, 2.45) is 0 Å². The van der Waals surface area contributed by atoms with Crippen LogP contribution in [0.1, 0.15) is 16.7 Å².